The van der Waals surface area contributed by atoms with E-state index in [2.05, 4.69) is 22.6 Å². The highest BCUT2D eigenvalue weighted by atomic mass is 127. The van der Waals surface area contributed by atoms with Crippen molar-refractivity contribution in [2.45, 2.75) is 24.5 Å². The molecule has 0 radical (unpaired) electrons. The summed E-state index contributed by atoms with van der Waals surface area (Å²) >= 11 is 2.27. The maximum absolute atomic E-state index is 11.7. The second-order valence-electron chi connectivity index (χ2n) is 3.50. The lowest BCUT2D eigenvalue weighted by molar-refractivity contribution is 0.436. The van der Waals surface area contributed by atoms with Crippen LogP contribution in [0.15, 0.2) is 9.66 Å². The molecule has 5 heteroatoms. The first-order chi connectivity index (χ1) is 6.10. The van der Waals surface area contributed by atoms with Crippen LogP contribution in [-0.4, -0.2) is 31.1 Å². The standard InChI is InChI=1S/C8H12INO2S/c9-7-3-5-10(6-4-7)13(11,12)8-1-2-8/h3,8H,1-2,4-6H2. The Labute approximate surface area is 92.4 Å². The summed E-state index contributed by atoms with van der Waals surface area (Å²) in [4.78, 5) is 0. The third kappa shape index (κ3) is 2.07. The Hall–Kier alpha value is 0.380. The molecule has 1 aliphatic carbocycles. The van der Waals surface area contributed by atoms with E-state index in [4.69, 9.17) is 0 Å². The van der Waals surface area contributed by atoms with Crippen LogP contribution in [0.4, 0.5) is 0 Å². The van der Waals surface area contributed by atoms with E-state index in [-0.39, 0.29) is 5.25 Å². The lowest BCUT2D eigenvalue weighted by Crippen LogP contribution is -2.36. The van der Waals surface area contributed by atoms with Crippen LogP contribution in [0.5, 0.6) is 0 Å². The van der Waals surface area contributed by atoms with Crippen molar-refractivity contribution in [2.24, 2.45) is 0 Å². The molecular weight excluding hydrogens is 301 g/mol. The van der Waals surface area contributed by atoms with Crippen LogP contribution >= 0.6 is 22.6 Å². The second-order valence-corrected chi connectivity index (χ2v) is 7.10. The van der Waals surface area contributed by atoms with E-state index in [9.17, 15) is 8.42 Å². The van der Waals surface area contributed by atoms with Crippen LogP contribution in [0.2, 0.25) is 0 Å². The van der Waals surface area contributed by atoms with Crippen molar-refractivity contribution in [3.63, 3.8) is 0 Å². The van der Waals surface area contributed by atoms with E-state index in [1.165, 1.54) is 3.58 Å². The van der Waals surface area contributed by atoms with E-state index in [1.54, 1.807) is 4.31 Å². The van der Waals surface area contributed by atoms with Gasteiger partial charge in [0.15, 0.2) is 0 Å². The van der Waals surface area contributed by atoms with Gasteiger partial charge in [-0.15, -0.1) is 0 Å². The van der Waals surface area contributed by atoms with Crippen LogP contribution in [0, 0.1) is 0 Å². The lowest BCUT2D eigenvalue weighted by Gasteiger charge is -2.23. The molecule has 2 aliphatic rings. The Morgan fingerprint density at radius 2 is 2.15 bits per heavy atom. The summed E-state index contributed by atoms with van der Waals surface area (Å²) in [7, 11) is -2.93. The van der Waals surface area contributed by atoms with E-state index >= 15 is 0 Å². The molecule has 0 unspecified atom stereocenters. The predicted octanol–water partition coefficient (Wildman–Crippen LogP) is 1.50. The number of hydrogen-bond acceptors (Lipinski definition) is 2. The van der Waals surface area contributed by atoms with Gasteiger partial charge in [0.25, 0.3) is 0 Å². The Kier molecular flexibility index (Phi) is 2.68. The lowest BCUT2D eigenvalue weighted by atomic mass is 10.3. The van der Waals surface area contributed by atoms with Gasteiger partial charge in [-0.05, 0) is 45.4 Å². The predicted molar refractivity (Wildman–Crippen MR) is 60.2 cm³/mol. The number of nitrogens with zero attached hydrogens (tertiary/aromatic N) is 1. The van der Waals surface area contributed by atoms with Crippen LogP contribution < -0.4 is 0 Å². The third-order valence-electron chi connectivity index (χ3n) is 2.42. The minimum absolute atomic E-state index is 0.0586. The van der Waals surface area contributed by atoms with Gasteiger partial charge in [-0.2, -0.15) is 4.31 Å². The zero-order valence-corrected chi connectivity index (χ0v) is 10.2. The first kappa shape index (κ1) is 9.92. The minimum atomic E-state index is -2.93. The van der Waals surface area contributed by atoms with Crippen molar-refractivity contribution in [1.82, 2.24) is 4.31 Å². The van der Waals surface area contributed by atoms with E-state index < -0.39 is 10.0 Å². The zero-order valence-electron chi connectivity index (χ0n) is 7.24. The first-order valence-corrected chi connectivity index (χ1v) is 7.02. The molecule has 1 aliphatic heterocycles. The molecule has 0 N–H and O–H groups in total. The highest BCUT2D eigenvalue weighted by Gasteiger charge is 2.40. The van der Waals surface area contributed by atoms with Gasteiger partial charge < -0.3 is 0 Å². The Balaban J connectivity index is 2.10. The van der Waals surface area contributed by atoms with Crippen molar-refractivity contribution in [1.29, 1.82) is 0 Å². The smallest absolute Gasteiger partial charge is 0.212 e. The molecule has 0 saturated heterocycles. The molecule has 1 heterocycles. The third-order valence-corrected chi connectivity index (χ3v) is 5.77. The number of rotatable bonds is 2. The number of halogens is 1. The average Bonchev–Trinajstić information content (AvgIpc) is 2.87. The summed E-state index contributed by atoms with van der Waals surface area (Å²) in [5.41, 5.74) is 0. The zero-order chi connectivity index (χ0) is 9.47. The number of hydrogen-bond donors (Lipinski definition) is 0. The monoisotopic (exact) mass is 313 g/mol. The fourth-order valence-corrected chi connectivity index (χ4v) is 3.65. The minimum Gasteiger partial charge on any atom is -0.212 e. The van der Waals surface area contributed by atoms with Gasteiger partial charge in [0.1, 0.15) is 0 Å². The Morgan fingerprint density at radius 3 is 2.62 bits per heavy atom. The molecule has 0 atom stereocenters. The van der Waals surface area contributed by atoms with Gasteiger partial charge in [0.2, 0.25) is 10.0 Å². The highest BCUT2D eigenvalue weighted by Crippen LogP contribution is 2.32. The van der Waals surface area contributed by atoms with Gasteiger partial charge in [0.05, 0.1) is 5.25 Å². The molecule has 0 amide bonds. The summed E-state index contributed by atoms with van der Waals surface area (Å²) in [5, 5.41) is -0.0586. The highest BCUT2D eigenvalue weighted by molar-refractivity contribution is 14.1. The van der Waals surface area contributed by atoms with Gasteiger partial charge in [-0.25, -0.2) is 8.42 Å². The summed E-state index contributed by atoms with van der Waals surface area (Å²) in [6.07, 6.45) is 4.61. The quantitative estimate of drug-likeness (QED) is 0.725. The van der Waals surface area contributed by atoms with Crippen molar-refractivity contribution < 1.29 is 8.42 Å². The molecule has 74 valence electrons. The van der Waals surface area contributed by atoms with Crippen LogP contribution in [0.1, 0.15) is 19.3 Å². The molecule has 0 aromatic rings. The normalized spacial score (nSPS) is 25.8. The Morgan fingerprint density at radius 1 is 1.46 bits per heavy atom. The molecule has 0 bridgehead atoms. The van der Waals surface area contributed by atoms with Gasteiger partial charge in [-0.3, -0.25) is 0 Å². The number of sulfonamides is 1. The average molecular weight is 313 g/mol. The molecule has 0 aromatic heterocycles. The van der Waals surface area contributed by atoms with E-state index in [0.29, 0.717) is 13.1 Å². The van der Waals surface area contributed by atoms with Crippen molar-refractivity contribution in [3.05, 3.63) is 9.66 Å². The van der Waals surface area contributed by atoms with E-state index in [0.717, 1.165) is 19.3 Å². The van der Waals surface area contributed by atoms with Crippen molar-refractivity contribution in [3.8, 4) is 0 Å². The Bertz CT molecular complexity index is 332. The van der Waals surface area contributed by atoms with Gasteiger partial charge in [0, 0.05) is 13.1 Å². The summed E-state index contributed by atoms with van der Waals surface area (Å²) in [6.45, 7) is 1.25. The molecule has 2 rings (SSSR count). The molecule has 1 saturated carbocycles. The van der Waals surface area contributed by atoms with Crippen LogP contribution in [0.25, 0.3) is 0 Å². The van der Waals surface area contributed by atoms with E-state index in [1.807, 2.05) is 6.08 Å². The molecule has 1 fully saturated rings. The van der Waals surface area contributed by atoms with Crippen LogP contribution in [0.3, 0.4) is 0 Å². The largest absolute Gasteiger partial charge is 0.217 e. The summed E-state index contributed by atoms with van der Waals surface area (Å²) < 4.78 is 26.4. The fourth-order valence-electron chi connectivity index (χ4n) is 1.43. The summed E-state index contributed by atoms with van der Waals surface area (Å²) in [5.74, 6) is 0. The molecular formula is C8H12INO2S. The van der Waals surface area contributed by atoms with Crippen molar-refractivity contribution in [2.75, 3.05) is 13.1 Å². The maximum atomic E-state index is 11.7. The van der Waals surface area contributed by atoms with Crippen LogP contribution in [-0.2, 0) is 10.0 Å². The maximum Gasteiger partial charge on any atom is 0.217 e. The van der Waals surface area contributed by atoms with Crippen molar-refractivity contribution >= 4 is 32.6 Å². The first-order valence-electron chi connectivity index (χ1n) is 4.44. The molecule has 13 heavy (non-hydrogen) atoms. The molecule has 3 nitrogen and oxygen atoms in total. The van der Waals surface area contributed by atoms with Gasteiger partial charge in [-0.1, -0.05) is 6.08 Å². The summed E-state index contributed by atoms with van der Waals surface area (Å²) in [6, 6.07) is 0. The second kappa shape index (κ2) is 3.51. The topological polar surface area (TPSA) is 37.4 Å². The van der Waals surface area contributed by atoms with Gasteiger partial charge >= 0.3 is 0 Å². The fraction of sp³-hybridized carbons (Fsp3) is 0.750. The molecule has 0 spiro atoms. The molecule has 0 aromatic carbocycles. The SMILES string of the molecule is O=S(=O)(C1CC1)N1CC=C(I)CC1.